The lowest BCUT2D eigenvalue weighted by Gasteiger charge is -2.23. The van der Waals surface area contributed by atoms with Gasteiger partial charge in [-0.15, -0.1) is 0 Å². The van der Waals surface area contributed by atoms with Gasteiger partial charge in [0.2, 0.25) is 0 Å². The molecule has 4 aromatic rings. The Morgan fingerprint density at radius 1 is 1.11 bits per heavy atom. The maximum atomic E-state index is 10.4. The van der Waals surface area contributed by atoms with Crippen molar-refractivity contribution in [3.63, 3.8) is 0 Å². The molecule has 8 nitrogen and oxygen atoms in total. The first-order valence-corrected chi connectivity index (χ1v) is 12.8. The monoisotopic (exact) mass is 512 g/mol. The van der Waals surface area contributed by atoms with Crippen molar-refractivity contribution < 1.29 is 19.0 Å². The molecule has 1 atom stereocenters. The molecule has 2 N–H and O–H groups in total. The largest absolute Gasteiger partial charge is 0.496 e. The molecule has 1 saturated heterocycles. The molecule has 1 aliphatic heterocycles. The lowest BCUT2D eigenvalue weighted by molar-refractivity contribution is 0.0394. The van der Waals surface area contributed by atoms with Gasteiger partial charge in [0.15, 0.2) is 5.58 Å². The Kier molecular flexibility index (Phi) is 7.61. The van der Waals surface area contributed by atoms with E-state index in [0.717, 1.165) is 48.2 Å². The molecular weight excluding hydrogens is 480 g/mol. The van der Waals surface area contributed by atoms with Crippen LogP contribution in [0.2, 0.25) is 0 Å². The second-order valence-electron chi connectivity index (χ2n) is 9.81. The summed E-state index contributed by atoms with van der Waals surface area (Å²) in [5, 5.41) is 23.6. The van der Waals surface area contributed by atoms with Crippen molar-refractivity contribution in [1.82, 2.24) is 15.2 Å². The van der Waals surface area contributed by atoms with Crippen molar-refractivity contribution in [3.8, 4) is 40.0 Å². The van der Waals surface area contributed by atoms with E-state index in [1.165, 1.54) is 0 Å². The number of nitrogens with zero attached hydrogens (tertiary/aromatic N) is 3. The normalized spacial score (nSPS) is 14.9. The van der Waals surface area contributed by atoms with Gasteiger partial charge in [-0.25, -0.2) is 0 Å². The number of aliphatic hydroxyl groups excluding tert-OH is 1. The number of furan rings is 1. The summed E-state index contributed by atoms with van der Waals surface area (Å²) in [6, 6.07) is 17.2. The molecule has 38 heavy (non-hydrogen) atoms. The molecule has 1 unspecified atom stereocenters. The Balaban J connectivity index is 1.46. The van der Waals surface area contributed by atoms with E-state index in [-0.39, 0.29) is 0 Å². The maximum Gasteiger partial charge on any atom is 0.161 e. The fourth-order valence-corrected chi connectivity index (χ4v) is 4.83. The highest BCUT2D eigenvalue weighted by atomic mass is 16.5. The fourth-order valence-electron chi connectivity index (χ4n) is 4.83. The smallest absolute Gasteiger partial charge is 0.161 e. The molecule has 0 spiro atoms. The lowest BCUT2D eigenvalue weighted by Crippen LogP contribution is -2.30. The third kappa shape index (κ3) is 5.22. The van der Waals surface area contributed by atoms with Crippen LogP contribution >= 0.6 is 0 Å². The molecule has 8 heteroatoms. The number of ether oxygens (including phenoxy) is 2. The van der Waals surface area contributed by atoms with Crippen LogP contribution in [-0.2, 0) is 0 Å². The third-order valence-corrected chi connectivity index (χ3v) is 7.03. The zero-order valence-electron chi connectivity index (χ0n) is 21.9. The van der Waals surface area contributed by atoms with E-state index in [2.05, 4.69) is 16.4 Å². The summed E-state index contributed by atoms with van der Waals surface area (Å²) in [6.07, 6.45) is 3.15. The molecule has 3 heterocycles. The van der Waals surface area contributed by atoms with Gasteiger partial charge in [-0.3, -0.25) is 9.88 Å². The number of nitrogens with one attached hydrogen (secondary N) is 1. The van der Waals surface area contributed by atoms with Gasteiger partial charge in [0.1, 0.15) is 35.1 Å². The Hall–Kier alpha value is -3.90. The average Bonchev–Trinajstić information content (AvgIpc) is 3.40. The fraction of sp³-hybridized carbons (Fsp3) is 0.333. The Bertz CT molecular complexity index is 1470. The summed E-state index contributed by atoms with van der Waals surface area (Å²) in [7, 11) is 5.21. The van der Waals surface area contributed by atoms with E-state index < -0.39 is 6.23 Å². The van der Waals surface area contributed by atoms with Gasteiger partial charge in [-0.2, -0.15) is 5.26 Å². The minimum absolute atomic E-state index is 0.491. The number of pyridine rings is 1. The Morgan fingerprint density at radius 2 is 1.92 bits per heavy atom. The van der Waals surface area contributed by atoms with Crippen molar-refractivity contribution in [1.29, 1.82) is 5.26 Å². The van der Waals surface area contributed by atoms with Crippen LogP contribution in [-0.4, -0.2) is 55.9 Å². The molecule has 5 rings (SSSR count). The van der Waals surface area contributed by atoms with E-state index >= 15 is 0 Å². The second-order valence-corrected chi connectivity index (χ2v) is 9.81. The summed E-state index contributed by atoms with van der Waals surface area (Å²) in [4.78, 5) is 6.22. The van der Waals surface area contributed by atoms with Gasteiger partial charge < -0.3 is 24.3 Å². The van der Waals surface area contributed by atoms with E-state index in [4.69, 9.17) is 13.9 Å². The van der Waals surface area contributed by atoms with Gasteiger partial charge in [0, 0.05) is 17.8 Å². The first-order valence-electron chi connectivity index (χ1n) is 12.8. The minimum Gasteiger partial charge on any atom is -0.496 e. The lowest BCUT2D eigenvalue weighted by atomic mass is 9.99. The number of methoxy groups -OCH3 is 1. The minimum atomic E-state index is -0.747. The first kappa shape index (κ1) is 25.7. The summed E-state index contributed by atoms with van der Waals surface area (Å²) < 4.78 is 18.0. The number of aromatic nitrogens is 1. The molecule has 2 aromatic heterocycles. The van der Waals surface area contributed by atoms with Crippen molar-refractivity contribution in [2.45, 2.75) is 19.1 Å². The number of nitriles is 1. The highest BCUT2D eigenvalue weighted by Crippen LogP contribution is 2.39. The zero-order valence-corrected chi connectivity index (χ0v) is 21.9. The number of fused-ring (bicyclic) bond motifs is 1. The number of hydrogen-bond donors (Lipinski definition) is 2. The van der Waals surface area contributed by atoms with E-state index in [0.29, 0.717) is 46.4 Å². The van der Waals surface area contributed by atoms with Crippen LogP contribution in [0.4, 0.5) is 0 Å². The van der Waals surface area contributed by atoms with Crippen LogP contribution in [0, 0.1) is 17.2 Å². The number of piperidine rings is 1. The van der Waals surface area contributed by atoms with Crippen LogP contribution in [0.3, 0.4) is 0 Å². The van der Waals surface area contributed by atoms with Crippen molar-refractivity contribution in [2.24, 2.45) is 5.92 Å². The molecule has 0 saturated carbocycles. The quantitative estimate of drug-likeness (QED) is 0.319. The van der Waals surface area contributed by atoms with Gasteiger partial charge in [0.05, 0.1) is 24.8 Å². The average molecular weight is 513 g/mol. The molecule has 196 valence electrons. The SMILES string of the molecule is COc1cc(C(O)N(C)C)ccc1-c1cc2nccc(-c3ccc(OCC4CCNCC4)c(C#N)c3)c2o1. The second kappa shape index (κ2) is 11.2. The molecule has 0 bridgehead atoms. The highest BCUT2D eigenvalue weighted by molar-refractivity contribution is 5.93. The molecule has 1 aliphatic rings. The molecular formula is C30H32N4O4. The first-order chi connectivity index (χ1) is 18.5. The summed E-state index contributed by atoms with van der Waals surface area (Å²) in [5.74, 6) is 2.29. The zero-order chi connectivity index (χ0) is 26.6. The number of hydrogen-bond acceptors (Lipinski definition) is 8. The van der Waals surface area contributed by atoms with Gasteiger partial charge in [-0.1, -0.05) is 12.1 Å². The summed E-state index contributed by atoms with van der Waals surface area (Å²) >= 11 is 0. The maximum absolute atomic E-state index is 10.4. The predicted octanol–water partition coefficient (Wildman–Crippen LogP) is 4.97. The van der Waals surface area contributed by atoms with E-state index in [9.17, 15) is 10.4 Å². The van der Waals surface area contributed by atoms with Gasteiger partial charge in [-0.05, 0) is 87.4 Å². The predicted molar refractivity (Wildman–Crippen MR) is 146 cm³/mol. The summed E-state index contributed by atoms with van der Waals surface area (Å²) in [6.45, 7) is 2.63. The molecule has 2 aromatic carbocycles. The van der Waals surface area contributed by atoms with E-state index in [1.54, 1.807) is 18.2 Å². The molecule has 1 fully saturated rings. The van der Waals surface area contributed by atoms with Crippen LogP contribution in [0.15, 0.2) is 59.1 Å². The van der Waals surface area contributed by atoms with Crippen LogP contribution in [0.1, 0.15) is 30.2 Å². The summed E-state index contributed by atoms with van der Waals surface area (Å²) in [5.41, 5.74) is 4.96. The van der Waals surface area contributed by atoms with Crippen LogP contribution < -0.4 is 14.8 Å². The van der Waals surface area contributed by atoms with Crippen LogP contribution in [0.25, 0.3) is 33.6 Å². The topological polar surface area (TPSA) is 104 Å². The Morgan fingerprint density at radius 3 is 2.66 bits per heavy atom. The van der Waals surface area contributed by atoms with Gasteiger partial charge >= 0.3 is 0 Å². The Labute approximate surface area is 222 Å². The molecule has 0 aliphatic carbocycles. The van der Waals surface area contributed by atoms with Crippen molar-refractivity contribution in [2.75, 3.05) is 40.9 Å². The number of benzene rings is 2. The molecule has 0 amide bonds. The van der Waals surface area contributed by atoms with Crippen molar-refractivity contribution in [3.05, 3.63) is 65.9 Å². The van der Waals surface area contributed by atoms with Crippen LogP contribution in [0.5, 0.6) is 11.5 Å². The molecule has 0 radical (unpaired) electrons. The van der Waals surface area contributed by atoms with Crippen molar-refractivity contribution >= 4 is 11.1 Å². The van der Waals surface area contributed by atoms with Gasteiger partial charge in [0.25, 0.3) is 0 Å². The number of rotatable bonds is 8. The highest BCUT2D eigenvalue weighted by Gasteiger charge is 2.19. The van der Waals surface area contributed by atoms with E-state index in [1.807, 2.05) is 62.6 Å². The standard InChI is InChI=1S/C30H32N4O4/c1-34(2)30(35)21-4-6-24(27(15-21)36-3)28-16-25-29(38-28)23(10-13-33-25)20-5-7-26(22(14-20)17-31)37-18-19-8-11-32-12-9-19/h4-7,10,13-16,19,30,32,35H,8-9,11-12,18H2,1-3H3. The third-order valence-electron chi connectivity index (χ3n) is 7.03. The number of aliphatic hydroxyl groups is 1.